The lowest BCUT2D eigenvalue weighted by Crippen LogP contribution is -2.24. The van der Waals surface area contributed by atoms with Crippen LogP contribution in [0.4, 0.5) is 0 Å². The number of hydrogen-bond donors (Lipinski definition) is 1. The quantitative estimate of drug-likeness (QED) is 0.822. The summed E-state index contributed by atoms with van der Waals surface area (Å²) in [4.78, 5) is 0.135. The molecule has 7 heteroatoms. The van der Waals surface area contributed by atoms with Gasteiger partial charge in [-0.1, -0.05) is 47.2 Å². The van der Waals surface area contributed by atoms with Gasteiger partial charge in [0, 0.05) is 5.02 Å². The SMILES string of the molecule is O=S(=O)(NCC#CCOc1ccccc1Cl)c1ccc(Cl)cc1. The molecule has 4 nitrogen and oxygen atoms in total. The van der Waals surface area contributed by atoms with Crippen LogP contribution in [-0.2, 0) is 10.0 Å². The molecule has 1 N–H and O–H groups in total. The number of benzene rings is 2. The third-order valence-electron chi connectivity index (χ3n) is 2.74. The van der Waals surface area contributed by atoms with Crippen LogP contribution in [0.1, 0.15) is 0 Å². The number of halogens is 2. The molecule has 0 unspecified atom stereocenters. The number of ether oxygens (including phenoxy) is 1. The second-order valence-corrected chi connectivity index (χ2v) is 6.96. The number of hydrogen-bond acceptors (Lipinski definition) is 3. The van der Waals surface area contributed by atoms with Crippen LogP contribution in [0.15, 0.2) is 53.4 Å². The van der Waals surface area contributed by atoms with E-state index in [9.17, 15) is 8.42 Å². The summed E-state index contributed by atoms with van der Waals surface area (Å²) in [5, 5.41) is 0.971. The van der Waals surface area contributed by atoms with Crippen LogP contribution >= 0.6 is 23.2 Å². The molecule has 2 rings (SSSR count). The van der Waals surface area contributed by atoms with Gasteiger partial charge in [-0.15, -0.1) is 0 Å². The summed E-state index contributed by atoms with van der Waals surface area (Å²) >= 11 is 11.7. The highest BCUT2D eigenvalue weighted by molar-refractivity contribution is 7.89. The first-order valence-electron chi connectivity index (χ1n) is 6.57. The Kier molecular flexibility index (Phi) is 6.31. The Morgan fingerprint density at radius 2 is 1.70 bits per heavy atom. The molecule has 0 fully saturated rings. The molecule has 0 aromatic heterocycles. The van der Waals surface area contributed by atoms with Gasteiger partial charge in [-0.2, -0.15) is 4.72 Å². The molecule has 2 aromatic carbocycles. The van der Waals surface area contributed by atoms with Crippen LogP contribution in [0.2, 0.25) is 10.0 Å². The van der Waals surface area contributed by atoms with Gasteiger partial charge in [0.25, 0.3) is 0 Å². The molecule has 0 aliphatic heterocycles. The zero-order chi connectivity index (χ0) is 16.7. The average molecular weight is 370 g/mol. The lowest BCUT2D eigenvalue weighted by molar-refractivity contribution is 0.370. The number of nitrogens with one attached hydrogen (secondary N) is 1. The minimum atomic E-state index is -3.60. The van der Waals surface area contributed by atoms with Gasteiger partial charge >= 0.3 is 0 Å². The first-order chi connectivity index (χ1) is 11.0. The van der Waals surface area contributed by atoms with E-state index in [4.69, 9.17) is 27.9 Å². The maximum absolute atomic E-state index is 12.0. The van der Waals surface area contributed by atoms with Gasteiger partial charge in [0.1, 0.15) is 12.4 Å². The fraction of sp³-hybridized carbons (Fsp3) is 0.125. The molecule has 0 aliphatic carbocycles. The normalized spacial score (nSPS) is 10.7. The van der Waals surface area contributed by atoms with Crippen LogP contribution < -0.4 is 9.46 Å². The van der Waals surface area contributed by atoms with Crippen LogP contribution in [-0.4, -0.2) is 21.6 Å². The third-order valence-corrected chi connectivity index (χ3v) is 4.72. The maximum atomic E-state index is 12.0. The molecule has 0 spiro atoms. The van der Waals surface area contributed by atoms with Gasteiger partial charge in [-0.25, -0.2) is 8.42 Å². The lowest BCUT2D eigenvalue weighted by Gasteiger charge is -2.04. The molecule has 0 bridgehead atoms. The second kappa shape index (κ2) is 8.23. The molecule has 0 saturated carbocycles. The van der Waals surface area contributed by atoms with Crippen molar-refractivity contribution in [1.82, 2.24) is 4.72 Å². The zero-order valence-electron chi connectivity index (χ0n) is 11.9. The van der Waals surface area contributed by atoms with Crippen LogP contribution in [0.25, 0.3) is 0 Å². The minimum Gasteiger partial charge on any atom is -0.479 e. The average Bonchev–Trinajstić information content (AvgIpc) is 2.52. The summed E-state index contributed by atoms with van der Waals surface area (Å²) in [7, 11) is -3.60. The molecule has 0 aliphatic rings. The van der Waals surface area contributed by atoms with E-state index >= 15 is 0 Å². The monoisotopic (exact) mass is 369 g/mol. The molecule has 23 heavy (non-hydrogen) atoms. The minimum absolute atomic E-state index is 0.0170. The Morgan fingerprint density at radius 3 is 2.39 bits per heavy atom. The smallest absolute Gasteiger partial charge is 0.241 e. The van der Waals surface area contributed by atoms with Crippen molar-refractivity contribution >= 4 is 33.2 Å². The van der Waals surface area contributed by atoms with Crippen molar-refractivity contribution in [2.45, 2.75) is 4.90 Å². The van der Waals surface area contributed by atoms with Gasteiger partial charge in [0.05, 0.1) is 16.5 Å². The molecule has 0 amide bonds. The first-order valence-corrected chi connectivity index (χ1v) is 8.81. The lowest BCUT2D eigenvalue weighted by atomic mass is 10.3. The molecule has 2 aromatic rings. The van der Waals surface area contributed by atoms with Gasteiger partial charge in [0.2, 0.25) is 10.0 Å². The highest BCUT2D eigenvalue weighted by atomic mass is 35.5. The maximum Gasteiger partial charge on any atom is 0.241 e. The second-order valence-electron chi connectivity index (χ2n) is 4.35. The zero-order valence-corrected chi connectivity index (χ0v) is 14.3. The number of rotatable bonds is 5. The van der Waals surface area contributed by atoms with Gasteiger partial charge in [0.15, 0.2) is 0 Å². The van der Waals surface area contributed by atoms with E-state index in [-0.39, 0.29) is 18.0 Å². The van der Waals surface area contributed by atoms with Crippen molar-refractivity contribution < 1.29 is 13.2 Å². The Bertz CT molecular complexity index is 824. The standard InChI is InChI=1S/C16H13Cl2NO3S/c17-13-7-9-14(10-8-13)23(20,21)19-11-3-4-12-22-16-6-2-1-5-15(16)18/h1-2,5-10,19H,11-12H2. The topological polar surface area (TPSA) is 55.4 Å². The molecule has 0 saturated heterocycles. The molecule has 0 atom stereocenters. The summed E-state index contributed by atoms with van der Waals surface area (Å²) in [5.74, 6) is 5.93. The van der Waals surface area contributed by atoms with Crippen molar-refractivity contribution in [3.8, 4) is 17.6 Å². The predicted molar refractivity (Wildman–Crippen MR) is 91.4 cm³/mol. The summed E-state index contributed by atoms with van der Waals surface area (Å²) in [5.41, 5.74) is 0. The molecule has 0 radical (unpaired) electrons. The van der Waals surface area contributed by atoms with E-state index in [0.717, 1.165) is 0 Å². The fourth-order valence-corrected chi connectivity index (χ4v) is 2.86. The van der Waals surface area contributed by atoms with Crippen molar-refractivity contribution in [2.24, 2.45) is 0 Å². The van der Waals surface area contributed by atoms with E-state index in [0.29, 0.717) is 15.8 Å². The van der Waals surface area contributed by atoms with Crippen LogP contribution in [0.3, 0.4) is 0 Å². The van der Waals surface area contributed by atoms with Crippen LogP contribution in [0.5, 0.6) is 5.75 Å². The Labute approximate surface area is 145 Å². The number of para-hydroxylation sites is 1. The van der Waals surface area contributed by atoms with Crippen molar-refractivity contribution in [2.75, 3.05) is 13.2 Å². The third kappa shape index (κ3) is 5.45. The van der Waals surface area contributed by atoms with E-state index in [1.165, 1.54) is 24.3 Å². The summed E-state index contributed by atoms with van der Waals surface area (Å²) in [6.07, 6.45) is 0. The molecule has 0 heterocycles. The summed E-state index contributed by atoms with van der Waals surface area (Å²) < 4.78 is 31.7. The fourth-order valence-electron chi connectivity index (χ4n) is 1.62. The van der Waals surface area contributed by atoms with E-state index in [1.807, 2.05) is 0 Å². The van der Waals surface area contributed by atoms with E-state index < -0.39 is 10.0 Å². The highest BCUT2D eigenvalue weighted by Crippen LogP contribution is 2.22. The highest BCUT2D eigenvalue weighted by Gasteiger charge is 2.11. The molecular weight excluding hydrogens is 357 g/mol. The van der Waals surface area contributed by atoms with Crippen molar-refractivity contribution in [1.29, 1.82) is 0 Å². The van der Waals surface area contributed by atoms with Crippen LogP contribution in [0, 0.1) is 11.8 Å². The van der Waals surface area contributed by atoms with Crippen molar-refractivity contribution in [3.05, 3.63) is 58.6 Å². The number of sulfonamides is 1. The summed E-state index contributed by atoms with van der Waals surface area (Å²) in [6, 6.07) is 12.9. The largest absolute Gasteiger partial charge is 0.479 e. The van der Waals surface area contributed by atoms with Crippen molar-refractivity contribution in [3.63, 3.8) is 0 Å². The Hall–Kier alpha value is -1.71. The van der Waals surface area contributed by atoms with E-state index in [1.54, 1.807) is 24.3 Å². The molecule has 120 valence electrons. The first kappa shape index (κ1) is 17.6. The Morgan fingerprint density at radius 1 is 1.00 bits per heavy atom. The predicted octanol–water partition coefficient (Wildman–Crippen LogP) is 3.35. The van der Waals surface area contributed by atoms with Gasteiger partial charge < -0.3 is 4.74 Å². The summed E-state index contributed by atoms with van der Waals surface area (Å²) in [6.45, 7) is 0.100. The molecular formula is C16H13Cl2NO3S. The van der Waals surface area contributed by atoms with Gasteiger partial charge in [-0.05, 0) is 36.4 Å². The van der Waals surface area contributed by atoms with Gasteiger partial charge in [-0.3, -0.25) is 0 Å². The van der Waals surface area contributed by atoms with E-state index in [2.05, 4.69) is 16.6 Å². The Balaban J connectivity index is 1.83.